The molecule has 1 aromatic carbocycles. The van der Waals surface area contributed by atoms with Gasteiger partial charge in [0.25, 0.3) is 0 Å². The van der Waals surface area contributed by atoms with Gasteiger partial charge in [-0.05, 0) is 36.1 Å². The van der Waals surface area contributed by atoms with Gasteiger partial charge in [0.15, 0.2) is 0 Å². The lowest BCUT2D eigenvalue weighted by molar-refractivity contribution is 0.354. The Morgan fingerprint density at radius 3 is 2.33 bits per heavy atom. The van der Waals surface area contributed by atoms with Crippen LogP contribution in [0.15, 0.2) is 29.2 Å². The van der Waals surface area contributed by atoms with Gasteiger partial charge in [-0.1, -0.05) is 29.8 Å². The van der Waals surface area contributed by atoms with Crippen LogP contribution in [0.1, 0.15) is 20.3 Å². The van der Waals surface area contributed by atoms with Crippen molar-refractivity contribution in [3.8, 4) is 0 Å². The maximum absolute atomic E-state index is 12.7. The number of alkyl halides is 1. The predicted octanol–water partition coefficient (Wildman–Crippen LogP) is 2.92. The van der Waals surface area contributed by atoms with Gasteiger partial charge in [-0.3, -0.25) is 0 Å². The SMILES string of the molecule is CC(C)(CCBr)CNS(=O)(=O)c1ccc(F)cc1. The van der Waals surface area contributed by atoms with Crippen LogP contribution in [0.4, 0.5) is 4.39 Å². The van der Waals surface area contributed by atoms with Crippen molar-refractivity contribution in [2.24, 2.45) is 5.41 Å². The topological polar surface area (TPSA) is 46.2 Å². The minimum atomic E-state index is -3.56. The minimum Gasteiger partial charge on any atom is -0.211 e. The molecule has 1 N–H and O–H groups in total. The maximum atomic E-state index is 12.7. The van der Waals surface area contributed by atoms with Crippen molar-refractivity contribution in [3.05, 3.63) is 30.1 Å². The van der Waals surface area contributed by atoms with E-state index < -0.39 is 15.8 Å². The highest BCUT2D eigenvalue weighted by molar-refractivity contribution is 9.09. The first-order valence-electron chi connectivity index (χ1n) is 5.58. The molecule has 1 aromatic rings. The molecular weight excluding hydrogens is 321 g/mol. The molecule has 0 amide bonds. The van der Waals surface area contributed by atoms with Gasteiger partial charge in [0.1, 0.15) is 5.82 Å². The van der Waals surface area contributed by atoms with Gasteiger partial charge in [-0.25, -0.2) is 17.5 Å². The zero-order valence-electron chi connectivity index (χ0n) is 10.4. The zero-order chi connectivity index (χ0) is 13.8. The Hall–Kier alpha value is -0.460. The summed E-state index contributed by atoms with van der Waals surface area (Å²) in [6.45, 7) is 4.32. The van der Waals surface area contributed by atoms with Gasteiger partial charge in [0, 0.05) is 11.9 Å². The van der Waals surface area contributed by atoms with E-state index in [1.54, 1.807) is 0 Å². The largest absolute Gasteiger partial charge is 0.240 e. The third-order valence-corrected chi connectivity index (χ3v) is 4.45. The number of halogens is 2. The second kappa shape index (κ2) is 6.12. The summed E-state index contributed by atoms with van der Waals surface area (Å²) in [5, 5.41) is 0.818. The van der Waals surface area contributed by atoms with Crippen molar-refractivity contribution in [2.45, 2.75) is 25.2 Å². The predicted molar refractivity (Wildman–Crippen MR) is 73.8 cm³/mol. The van der Waals surface area contributed by atoms with E-state index in [4.69, 9.17) is 0 Å². The molecule has 0 atom stereocenters. The molecule has 102 valence electrons. The Kier molecular flexibility index (Phi) is 5.31. The molecule has 6 heteroatoms. The van der Waals surface area contributed by atoms with E-state index in [2.05, 4.69) is 20.7 Å². The number of nitrogens with one attached hydrogen (secondary N) is 1. The molecule has 0 aliphatic rings. The molecule has 0 aromatic heterocycles. The molecule has 0 spiro atoms. The van der Waals surface area contributed by atoms with Crippen LogP contribution in [-0.2, 0) is 10.0 Å². The average molecular weight is 338 g/mol. The summed E-state index contributed by atoms with van der Waals surface area (Å²) in [7, 11) is -3.56. The van der Waals surface area contributed by atoms with Crippen LogP contribution in [0.5, 0.6) is 0 Å². The fraction of sp³-hybridized carbons (Fsp3) is 0.500. The number of benzene rings is 1. The fourth-order valence-electron chi connectivity index (χ4n) is 1.33. The van der Waals surface area contributed by atoms with Crippen molar-refractivity contribution in [3.63, 3.8) is 0 Å². The highest BCUT2D eigenvalue weighted by atomic mass is 79.9. The van der Waals surface area contributed by atoms with E-state index in [1.165, 1.54) is 12.1 Å². The standard InChI is InChI=1S/C12H17BrFNO2S/c1-12(2,7-8-13)9-15-18(16,17)11-5-3-10(14)4-6-11/h3-6,15H,7-9H2,1-2H3. The second-order valence-corrected chi connectivity index (χ2v) is 7.44. The van der Waals surface area contributed by atoms with Crippen LogP contribution in [0.2, 0.25) is 0 Å². The van der Waals surface area contributed by atoms with E-state index in [0.29, 0.717) is 6.54 Å². The maximum Gasteiger partial charge on any atom is 0.240 e. The number of hydrogen-bond donors (Lipinski definition) is 1. The van der Waals surface area contributed by atoms with Crippen LogP contribution in [0.3, 0.4) is 0 Å². The Labute approximate surface area is 116 Å². The lowest BCUT2D eigenvalue weighted by Crippen LogP contribution is -2.34. The molecule has 0 unspecified atom stereocenters. The first kappa shape index (κ1) is 15.6. The molecule has 0 saturated carbocycles. The quantitative estimate of drug-likeness (QED) is 0.811. The highest BCUT2D eigenvalue weighted by Crippen LogP contribution is 2.21. The van der Waals surface area contributed by atoms with Gasteiger partial charge in [-0.15, -0.1) is 0 Å². The van der Waals surface area contributed by atoms with Crippen molar-refractivity contribution in [2.75, 3.05) is 11.9 Å². The lowest BCUT2D eigenvalue weighted by Gasteiger charge is -2.23. The third-order valence-electron chi connectivity index (χ3n) is 2.64. The van der Waals surface area contributed by atoms with Crippen molar-refractivity contribution >= 4 is 26.0 Å². The second-order valence-electron chi connectivity index (χ2n) is 4.88. The normalized spacial score (nSPS) is 12.7. The summed E-state index contributed by atoms with van der Waals surface area (Å²) in [4.78, 5) is 0.0820. The number of sulfonamides is 1. The number of hydrogen-bond acceptors (Lipinski definition) is 2. The summed E-state index contributed by atoms with van der Waals surface area (Å²) >= 11 is 3.34. The van der Waals surface area contributed by atoms with E-state index in [-0.39, 0.29) is 10.3 Å². The van der Waals surface area contributed by atoms with Gasteiger partial charge >= 0.3 is 0 Å². The summed E-state index contributed by atoms with van der Waals surface area (Å²) in [5.74, 6) is -0.450. The average Bonchev–Trinajstić information content (AvgIpc) is 2.27. The third kappa shape index (κ3) is 4.66. The van der Waals surface area contributed by atoms with Crippen molar-refractivity contribution in [1.82, 2.24) is 4.72 Å². The van der Waals surface area contributed by atoms with Crippen LogP contribution >= 0.6 is 15.9 Å². The van der Waals surface area contributed by atoms with Crippen LogP contribution < -0.4 is 4.72 Å². The van der Waals surface area contributed by atoms with Crippen molar-refractivity contribution < 1.29 is 12.8 Å². The van der Waals surface area contributed by atoms with Gasteiger partial charge in [-0.2, -0.15) is 0 Å². The molecule has 0 fully saturated rings. The molecular formula is C12H17BrFNO2S. The molecule has 0 bridgehead atoms. The van der Waals surface area contributed by atoms with Crippen LogP contribution in [-0.4, -0.2) is 20.3 Å². The van der Waals surface area contributed by atoms with Gasteiger partial charge in [0.2, 0.25) is 10.0 Å². The van der Waals surface area contributed by atoms with Crippen molar-refractivity contribution in [1.29, 1.82) is 0 Å². The van der Waals surface area contributed by atoms with Gasteiger partial charge in [0.05, 0.1) is 4.90 Å². The minimum absolute atomic E-state index is 0.0820. The molecule has 0 saturated heterocycles. The smallest absolute Gasteiger partial charge is 0.211 e. The molecule has 0 heterocycles. The highest BCUT2D eigenvalue weighted by Gasteiger charge is 2.21. The Morgan fingerprint density at radius 2 is 1.83 bits per heavy atom. The van der Waals surface area contributed by atoms with Crippen LogP contribution in [0, 0.1) is 11.2 Å². The van der Waals surface area contributed by atoms with E-state index in [9.17, 15) is 12.8 Å². The zero-order valence-corrected chi connectivity index (χ0v) is 12.8. The summed E-state index contributed by atoms with van der Waals surface area (Å²) in [6.07, 6.45) is 0.860. The summed E-state index contributed by atoms with van der Waals surface area (Å²) < 4.78 is 39.2. The van der Waals surface area contributed by atoms with E-state index >= 15 is 0 Å². The van der Waals surface area contributed by atoms with Gasteiger partial charge < -0.3 is 0 Å². The molecule has 0 aliphatic carbocycles. The Balaban J connectivity index is 2.74. The molecule has 3 nitrogen and oxygen atoms in total. The monoisotopic (exact) mass is 337 g/mol. The fourth-order valence-corrected chi connectivity index (χ4v) is 3.65. The molecule has 1 rings (SSSR count). The van der Waals surface area contributed by atoms with Crippen LogP contribution in [0.25, 0.3) is 0 Å². The first-order valence-corrected chi connectivity index (χ1v) is 8.18. The summed E-state index contributed by atoms with van der Waals surface area (Å²) in [5.41, 5.74) is -0.128. The molecule has 0 radical (unpaired) electrons. The Morgan fingerprint density at radius 1 is 1.28 bits per heavy atom. The number of rotatable bonds is 6. The van der Waals surface area contributed by atoms with E-state index in [1.807, 2.05) is 13.8 Å². The summed E-state index contributed by atoms with van der Waals surface area (Å²) in [6, 6.07) is 4.79. The molecule has 18 heavy (non-hydrogen) atoms. The first-order chi connectivity index (χ1) is 8.27. The lowest BCUT2D eigenvalue weighted by atomic mass is 9.91. The molecule has 0 aliphatic heterocycles. The van der Waals surface area contributed by atoms with E-state index in [0.717, 1.165) is 23.9 Å². The Bertz CT molecular complexity index is 485.